The third kappa shape index (κ3) is 3.27. The van der Waals surface area contributed by atoms with Gasteiger partial charge in [-0.15, -0.1) is 0 Å². The van der Waals surface area contributed by atoms with E-state index in [9.17, 15) is 19.7 Å². The van der Waals surface area contributed by atoms with Crippen molar-refractivity contribution in [3.8, 4) is 5.69 Å². The fourth-order valence-corrected chi connectivity index (χ4v) is 3.49. The number of H-pyrrole nitrogens is 1. The molecule has 4 aromatic rings. The first-order valence-electron chi connectivity index (χ1n) is 9.45. The number of imidazole rings is 1. The van der Waals surface area contributed by atoms with E-state index in [1.54, 1.807) is 21.0 Å². The number of aromatic amines is 1. The highest BCUT2D eigenvalue weighted by molar-refractivity contribution is 5.89. The molecule has 31 heavy (non-hydrogen) atoms. The summed E-state index contributed by atoms with van der Waals surface area (Å²) in [5.74, 6) is 0. The zero-order valence-electron chi connectivity index (χ0n) is 17.4. The lowest BCUT2D eigenvalue weighted by Crippen LogP contribution is -2.19. The highest BCUT2D eigenvalue weighted by Crippen LogP contribution is 2.31. The number of nitrogens with zero attached hydrogens (tertiary/aromatic N) is 5. The van der Waals surface area contributed by atoms with Gasteiger partial charge in [-0.1, -0.05) is 17.7 Å². The van der Waals surface area contributed by atoms with Crippen molar-refractivity contribution in [2.24, 2.45) is 19.1 Å². The predicted molar refractivity (Wildman–Crippen MR) is 118 cm³/mol. The minimum atomic E-state index is -0.557. The van der Waals surface area contributed by atoms with Gasteiger partial charge in [-0.3, -0.25) is 29.1 Å². The zero-order chi connectivity index (χ0) is 22.4. The molecule has 2 heterocycles. The molecule has 158 valence electrons. The van der Waals surface area contributed by atoms with E-state index in [4.69, 9.17) is 0 Å². The summed E-state index contributed by atoms with van der Waals surface area (Å²) in [4.78, 5) is 40.3. The van der Waals surface area contributed by atoms with Gasteiger partial charge >= 0.3 is 5.69 Å². The number of benzene rings is 2. The molecule has 0 radical (unpaired) electrons. The maximum Gasteiger partial charge on any atom is 0.328 e. The van der Waals surface area contributed by atoms with Crippen molar-refractivity contribution in [1.29, 1.82) is 0 Å². The third-order valence-electron chi connectivity index (χ3n) is 5.31. The summed E-state index contributed by atoms with van der Waals surface area (Å²) in [6.07, 6.45) is 1.31. The lowest BCUT2D eigenvalue weighted by atomic mass is 10.2. The van der Waals surface area contributed by atoms with Crippen LogP contribution >= 0.6 is 0 Å². The van der Waals surface area contributed by atoms with Crippen LogP contribution in [0.2, 0.25) is 0 Å². The molecule has 0 atom stereocenters. The number of rotatable bonds is 4. The molecule has 0 saturated heterocycles. The first kappa shape index (κ1) is 20.1. The van der Waals surface area contributed by atoms with E-state index in [2.05, 4.69) is 10.1 Å². The fourth-order valence-electron chi connectivity index (χ4n) is 3.49. The summed E-state index contributed by atoms with van der Waals surface area (Å²) < 4.78 is 4.13. The molecule has 2 aromatic heterocycles. The Bertz CT molecular complexity index is 1480. The van der Waals surface area contributed by atoms with Crippen LogP contribution in [-0.4, -0.2) is 30.1 Å². The highest BCUT2D eigenvalue weighted by atomic mass is 16.6. The Kier molecular flexibility index (Phi) is 4.69. The van der Waals surface area contributed by atoms with E-state index in [0.717, 1.165) is 5.56 Å². The molecular formula is C21H20N6O4. The van der Waals surface area contributed by atoms with Crippen LogP contribution in [0.5, 0.6) is 0 Å². The molecule has 2 aromatic carbocycles. The number of nitro groups is 1. The molecular weight excluding hydrogens is 400 g/mol. The molecule has 1 N–H and O–H groups in total. The Morgan fingerprint density at radius 2 is 1.65 bits per heavy atom. The summed E-state index contributed by atoms with van der Waals surface area (Å²) in [5, 5.41) is 14.6. The Balaban J connectivity index is 1.83. The normalized spacial score (nSPS) is 11.6. The quantitative estimate of drug-likeness (QED) is 0.310. The van der Waals surface area contributed by atoms with Crippen molar-refractivity contribution >= 4 is 28.6 Å². The largest absolute Gasteiger partial charge is 0.328 e. The Morgan fingerprint density at radius 3 is 2.26 bits per heavy atom. The standard InChI is InChI=1S/C21H20N6O4/c1-12-5-7-14(8-6-12)26-20(28)15(13(2)23-26)11-22-16-9-18-19(10-17(16)27(30)31)25(4)21(29)24(18)3/h5-11,23H,1-4H3. The first-order chi connectivity index (χ1) is 14.7. The Hall–Kier alpha value is -4.21. The number of nitro benzene ring substituents is 1. The smallest absolute Gasteiger partial charge is 0.295 e. The van der Waals surface area contributed by atoms with Crippen molar-refractivity contribution in [2.45, 2.75) is 13.8 Å². The van der Waals surface area contributed by atoms with Crippen LogP contribution in [0.3, 0.4) is 0 Å². The van der Waals surface area contributed by atoms with Crippen LogP contribution in [0.4, 0.5) is 11.4 Å². The van der Waals surface area contributed by atoms with E-state index < -0.39 is 4.92 Å². The maximum atomic E-state index is 12.9. The molecule has 4 rings (SSSR count). The number of nitrogens with one attached hydrogen (secondary N) is 1. The molecule has 0 bridgehead atoms. The van der Waals surface area contributed by atoms with E-state index in [1.165, 1.54) is 32.2 Å². The average molecular weight is 420 g/mol. The van der Waals surface area contributed by atoms with Crippen molar-refractivity contribution in [3.05, 3.63) is 84.2 Å². The van der Waals surface area contributed by atoms with Gasteiger partial charge in [-0.25, -0.2) is 14.5 Å². The van der Waals surface area contributed by atoms with Crippen LogP contribution in [-0.2, 0) is 14.1 Å². The molecule has 0 aliphatic carbocycles. The third-order valence-corrected chi connectivity index (χ3v) is 5.31. The van der Waals surface area contributed by atoms with Gasteiger partial charge in [0.25, 0.3) is 11.2 Å². The Labute approximate surface area is 175 Å². The molecule has 0 fully saturated rings. The predicted octanol–water partition coefficient (Wildman–Crippen LogP) is 2.63. The number of aromatic nitrogens is 4. The van der Waals surface area contributed by atoms with Gasteiger partial charge in [-0.05, 0) is 32.0 Å². The van der Waals surface area contributed by atoms with Crippen molar-refractivity contribution < 1.29 is 4.92 Å². The SMILES string of the molecule is Cc1ccc(-n2[nH]c(C)c(C=Nc3cc4c(cc3[N+](=O)[O-])n(C)c(=O)n4C)c2=O)cc1. The molecule has 0 unspecified atom stereocenters. The minimum absolute atomic E-state index is 0.0561. The molecule has 10 nitrogen and oxygen atoms in total. The van der Waals surface area contributed by atoms with Gasteiger partial charge in [0.15, 0.2) is 0 Å². The number of hydrogen-bond donors (Lipinski definition) is 1. The fraction of sp³-hybridized carbons (Fsp3) is 0.190. The van der Waals surface area contributed by atoms with Crippen molar-refractivity contribution in [3.63, 3.8) is 0 Å². The van der Waals surface area contributed by atoms with Gasteiger partial charge in [0.2, 0.25) is 0 Å². The topological polar surface area (TPSA) is 120 Å². The number of fused-ring (bicyclic) bond motifs is 1. The second-order valence-electron chi connectivity index (χ2n) is 7.37. The monoisotopic (exact) mass is 420 g/mol. The van der Waals surface area contributed by atoms with E-state index in [-0.39, 0.29) is 28.2 Å². The lowest BCUT2D eigenvalue weighted by molar-refractivity contribution is -0.383. The highest BCUT2D eigenvalue weighted by Gasteiger charge is 2.19. The second-order valence-corrected chi connectivity index (χ2v) is 7.37. The molecule has 0 aliphatic rings. The molecule has 0 amide bonds. The van der Waals surface area contributed by atoms with Crippen LogP contribution < -0.4 is 11.2 Å². The van der Waals surface area contributed by atoms with Gasteiger partial charge in [-0.2, -0.15) is 0 Å². The van der Waals surface area contributed by atoms with E-state index in [0.29, 0.717) is 22.4 Å². The summed E-state index contributed by atoms with van der Waals surface area (Å²) in [6.45, 7) is 3.68. The number of aryl methyl sites for hydroxylation is 4. The zero-order valence-corrected chi connectivity index (χ0v) is 17.4. The van der Waals surface area contributed by atoms with Crippen LogP contribution in [0.15, 0.2) is 51.0 Å². The molecule has 0 saturated carbocycles. The van der Waals surface area contributed by atoms with E-state index in [1.807, 2.05) is 31.2 Å². The minimum Gasteiger partial charge on any atom is -0.295 e. The van der Waals surface area contributed by atoms with Crippen LogP contribution in [0.25, 0.3) is 16.7 Å². The van der Waals surface area contributed by atoms with Gasteiger partial charge in [0.1, 0.15) is 5.69 Å². The molecule has 0 aliphatic heterocycles. The second kappa shape index (κ2) is 7.24. The van der Waals surface area contributed by atoms with Gasteiger partial charge in [0.05, 0.1) is 27.2 Å². The van der Waals surface area contributed by atoms with Crippen molar-refractivity contribution in [2.75, 3.05) is 0 Å². The average Bonchev–Trinajstić information content (AvgIpc) is 3.14. The lowest BCUT2D eigenvalue weighted by Gasteiger charge is -2.01. The van der Waals surface area contributed by atoms with Crippen LogP contribution in [0, 0.1) is 24.0 Å². The van der Waals surface area contributed by atoms with Gasteiger partial charge < -0.3 is 0 Å². The molecule has 10 heteroatoms. The number of aliphatic imine (C=N–C) groups is 1. The number of hydrogen-bond acceptors (Lipinski definition) is 5. The first-order valence-corrected chi connectivity index (χ1v) is 9.45. The summed E-state index contributed by atoms with van der Waals surface area (Å²) in [5.41, 5.74) is 2.73. The Morgan fingerprint density at radius 1 is 1.03 bits per heavy atom. The summed E-state index contributed by atoms with van der Waals surface area (Å²) >= 11 is 0. The summed E-state index contributed by atoms with van der Waals surface area (Å²) in [6, 6.07) is 10.2. The van der Waals surface area contributed by atoms with E-state index >= 15 is 0 Å². The maximum absolute atomic E-state index is 12.9. The molecule has 0 spiro atoms. The summed E-state index contributed by atoms with van der Waals surface area (Å²) in [7, 11) is 3.13. The van der Waals surface area contributed by atoms with Crippen LogP contribution in [0.1, 0.15) is 16.8 Å². The van der Waals surface area contributed by atoms with Gasteiger partial charge in [0, 0.05) is 32.1 Å². The van der Waals surface area contributed by atoms with Crippen molar-refractivity contribution in [1.82, 2.24) is 18.9 Å².